The molecule has 24 heavy (non-hydrogen) atoms. The van der Waals surface area contributed by atoms with Gasteiger partial charge in [0.15, 0.2) is 11.5 Å². The van der Waals surface area contributed by atoms with Gasteiger partial charge in [-0.05, 0) is 19.9 Å². The fourth-order valence-corrected chi connectivity index (χ4v) is 6.93. The average Bonchev–Trinajstić information content (AvgIpc) is 3.07. The maximum Gasteiger partial charge on any atom is 0.300 e. The van der Waals surface area contributed by atoms with E-state index in [2.05, 4.69) is 0 Å². The van der Waals surface area contributed by atoms with Crippen LogP contribution in [0.25, 0.3) is 11.1 Å². The zero-order chi connectivity index (χ0) is 16.8. The number of hydrogen-bond acceptors (Lipinski definition) is 7. The van der Waals surface area contributed by atoms with Gasteiger partial charge in [0.1, 0.15) is 17.0 Å². The SMILES string of the molecule is CC1(C)c2ssc(=S)c2-c2cc3c(c4c2N1C(=O)C4=O)OCCO3. The Morgan fingerprint density at radius 3 is 2.71 bits per heavy atom. The van der Waals surface area contributed by atoms with Gasteiger partial charge in [-0.3, -0.25) is 14.5 Å². The third-order valence-electron chi connectivity index (χ3n) is 4.67. The third kappa shape index (κ3) is 1.52. The van der Waals surface area contributed by atoms with Crippen molar-refractivity contribution in [3.05, 3.63) is 20.3 Å². The summed E-state index contributed by atoms with van der Waals surface area (Å²) in [4.78, 5) is 28.1. The Hall–Kier alpha value is -1.77. The van der Waals surface area contributed by atoms with Gasteiger partial charge in [-0.2, -0.15) is 0 Å². The van der Waals surface area contributed by atoms with E-state index in [0.717, 1.165) is 19.8 Å². The first kappa shape index (κ1) is 14.6. The Morgan fingerprint density at radius 2 is 1.92 bits per heavy atom. The van der Waals surface area contributed by atoms with Crippen molar-refractivity contribution in [3.63, 3.8) is 0 Å². The Kier molecular flexibility index (Phi) is 2.69. The third-order valence-corrected chi connectivity index (χ3v) is 8.00. The van der Waals surface area contributed by atoms with Gasteiger partial charge in [-0.15, -0.1) is 0 Å². The molecule has 1 amide bonds. The van der Waals surface area contributed by atoms with E-state index in [1.54, 1.807) is 15.2 Å². The maximum atomic E-state index is 12.8. The van der Waals surface area contributed by atoms with Crippen LogP contribution in [-0.2, 0) is 10.3 Å². The largest absolute Gasteiger partial charge is 0.486 e. The minimum Gasteiger partial charge on any atom is -0.486 e. The lowest BCUT2D eigenvalue weighted by Crippen LogP contribution is -2.46. The second-order valence-electron chi connectivity index (χ2n) is 6.36. The van der Waals surface area contributed by atoms with Crippen LogP contribution in [0.15, 0.2) is 6.07 Å². The molecule has 0 atom stereocenters. The number of rotatable bonds is 0. The van der Waals surface area contributed by atoms with Crippen molar-refractivity contribution in [2.45, 2.75) is 19.4 Å². The molecule has 3 aliphatic rings. The van der Waals surface area contributed by atoms with E-state index in [4.69, 9.17) is 21.7 Å². The van der Waals surface area contributed by atoms with E-state index < -0.39 is 17.2 Å². The molecule has 122 valence electrons. The second-order valence-corrected chi connectivity index (χ2v) is 9.18. The zero-order valence-corrected chi connectivity index (χ0v) is 15.2. The molecule has 0 aliphatic carbocycles. The van der Waals surface area contributed by atoms with Crippen LogP contribution in [0.3, 0.4) is 0 Å². The lowest BCUT2D eigenvalue weighted by atomic mass is 9.87. The van der Waals surface area contributed by atoms with E-state index in [-0.39, 0.29) is 0 Å². The predicted octanol–water partition coefficient (Wildman–Crippen LogP) is 3.76. The molecule has 5 rings (SSSR count). The summed E-state index contributed by atoms with van der Waals surface area (Å²) < 4.78 is 12.1. The molecule has 3 aliphatic heterocycles. The highest BCUT2D eigenvalue weighted by Crippen LogP contribution is 2.59. The van der Waals surface area contributed by atoms with Crippen LogP contribution in [0.4, 0.5) is 5.69 Å². The molecule has 1 aromatic heterocycles. The number of carbonyl (C=O) groups excluding carboxylic acids is 2. The fraction of sp³-hybridized carbons (Fsp3) is 0.312. The smallest absolute Gasteiger partial charge is 0.300 e. The molecule has 8 heteroatoms. The topological polar surface area (TPSA) is 55.8 Å². The minimum absolute atomic E-state index is 0.316. The Balaban J connectivity index is 1.98. The van der Waals surface area contributed by atoms with Crippen LogP contribution >= 0.6 is 32.9 Å². The number of ether oxygens (including phenoxy) is 2. The number of amides is 1. The summed E-state index contributed by atoms with van der Waals surface area (Å²) >= 11 is 5.54. The number of anilines is 1. The quantitative estimate of drug-likeness (QED) is 0.398. The van der Waals surface area contributed by atoms with Crippen molar-refractivity contribution in [3.8, 4) is 22.6 Å². The summed E-state index contributed by atoms with van der Waals surface area (Å²) in [6.45, 7) is 4.68. The molecule has 1 aromatic carbocycles. The van der Waals surface area contributed by atoms with Crippen molar-refractivity contribution in [2.75, 3.05) is 18.1 Å². The van der Waals surface area contributed by atoms with Gasteiger partial charge in [0.2, 0.25) is 0 Å². The second kappa shape index (κ2) is 4.44. The Bertz CT molecular complexity index is 1020. The van der Waals surface area contributed by atoms with Gasteiger partial charge in [-0.1, -0.05) is 32.9 Å². The van der Waals surface area contributed by atoms with Crippen LogP contribution in [0.5, 0.6) is 11.5 Å². The van der Waals surface area contributed by atoms with Crippen molar-refractivity contribution >= 4 is 50.3 Å². The monoisotopic (exact) mass is 377 g/mol. The first-order chi connectivity index (χ1) is 11.4. The van der Waals surface area contributed by atoms with Crippen LogP contribution in [0.1, 0.15) is 29.1 Å². The average molecular weight is 377 g/mol. The lowest BCUT2D eigenvalue weighted by molar-refractivity contribution is -0.115. The van der Waals surface area contributed by atoms with Gasteiger partial charge in [0, 0.05) is 11.1 Å². The summed E-state index contributed by atoms with van der Waals surface area (Å²) in [6.07, 6.45) is 0. The Labute approximate surface area is 149 Å². The number of carbonyl (C=O) groups is 2. The van der Waals surface area contributed by atoms with Crippen LogP contribution in [0.2, 0.25) is 0 Å². The molecule has 0 unspecified atom stereocenters. The van der Waals surface area contributed by atoms with Crippen molar-refractivity contribution in [1.29, 1.82) is 0 Å². The summed E-state index contributed by atoms with van der Waals surface area (Å²) in [6, 6.07) is 1.86. The molecule has 0 fully saturated rings. The number of Topliss-reactive ketones (excluding diaryl/α,β-unsaturated/α-hetero) is 1. The van der Waals surface area contributed by atoms with Crippen molar-refractivity contribution in [2.24, 2.45) is 0 Å². The lowest BCUT2D eigenvalue weighted by Gasteiger charge is -2.40. The molecule has 0 saturated carbocycles. The number of hydrogen-bond donors (Lipinski definition) is 0. The maximum absolute atomic E-state index is 12.8. The number of nitrogens with zero attached hydrogens (tertiary/aromatic N) is 1. The molecule has 0 N–H and O–H groups in total. The summed E-state index contributed by atoms with van der Waals surface area (Å²) in [5, 5.41) is 0. The van der Waals surface area contributed by atoms with Gasteiger partial charge in [-0.25, -0.2) is 0 Å². The molecule has 0 radical (unpaired) electrons. The molecule has 0 spiro atoms. The van der Waals surface area contributed by atoms with Gasteiger partial charge < -0.3 is 9.47 Å². The first-order valence-electron chi connectivity index (χ1n) is 7.42. The van der Waals surface area contributed by atoms with E-state index in [1.165, 1.54) is 10.3 Å². The number of ketones is 1. The Morgan fingerprint density at radius 1 is 1.17 bits per heavy atom. The zero-order valence-electron chi connectivity index (χ0n) is 12.8. The molecule has 2 aromatic rings. The highest BCUT2D eigenvalue weighted by molar-refractivity contribution is 7.80. The molecule has 5 nitrogen and oxygen atoms in total. The molecule has 0 saturated heterocycles. The number of benzene rings is 1. The van der Waals surface area contributed by atoms with Gasteiger partial charge in [0.05, 0.1) is 21.7 Å². The molecular formula is C16H11NO4S3. The predicted molar refractivity (Wildman–Crippen MR) is 94.3 cm³/mol. The fourth-order valence-electron chi connectivity index (χ4n) is 3.65. The van der Waals surface area contributed by atoms with Gasteiger partial charge >= 0.3 is 0 Å². The van der Waals surface area contributed by atoms with E-state index >= 15 is 0 Å². The van der Waals surface area contributed by atoms with Crippen LogP contribution in [0, 0.1) is 3.82 Å². The van der Waals surface area contributed by atoms with Crippen molar-refractivity contribution < 1.29 is 19.1 Å². The molecule has 4 heterocycles. The summed E-state index contributed by atoms with van der Waals surface area (Å²) in [7, 11) is 3.08. The standard InChI is InChI=1S/C16H11NO4S3/c1-16(2)13-8(15(22)24-23-13)6-5-7-12(21-4-3-20-7)9-10(6)17(16)14(19)11(9)18/h5H,3-4H2,1-2H3. The molecular weight excluding hydrogens is 366 g/mol. The van der Waals surface area contributed by atoms with Gasteiger partial charge in [0.25, 0.3) is 11.7 Å². The highest BCUT2D eigenvalue weighted by Gasteiger charge is 2.53. The van der Waals surface area contributed by atoms with Crippen LogP contribution < -0.4 is 14.4 Å². The summed E-state index contributed by atoms with van der Waals surface area (Å²) in [5.41, 5.74) is 2.05. The van der Waals surface area contributed by atoms with Crippen LogP contribution in [-0.4, -0.2) is 24.9 Å². The first-order valence-corrected chi connectivity index (χ1v) is 9.98. The number of fused-ring (bicyclic) bond motifs is 4. The van der Waals surface area contributed by atoms with E-state index in [1.807, 2.05) is 19.9 Å². The van der Waals surface area contributed by atoms with E-state index in [9.17, 15) is 9.59 Å². The van der Waals surface area contributed by atoms with Crippen molar-refractivity contribution in [1.82, 2.24) is 0 Å². The summed E-state index contributed by atoms with van der Waals surface area (Å²) in [5.74, 6) is -0.167. The molecule has 0 bridgehead atoms. The van der Waals surface area contributed by atoms with E-state index in [0.29, 0.717) is 36.0 Å². The minimum atomic E-state index is -0.623. The highest BCUT2D eigenvalue weighted by atomic mass is 32.9. The normalized spacial score (nSPS) is 19.3.